The highest BCUT2D eigenvalue weighted by Crippen LogP contribution is 2.30. The summed E-state index contributed by atoms with van der Waals surface area (Å²) in [5.41, 5.74) is 1.30. The number of nitrogens with zero attached hydrogens (tertiary/aromatic N) is 4. The topological polar surface area (TPSA) is 61.7 Å². The van der Waals surface area contributed by atoms with E-state index < -0.39 is 0 Å². The predicted octanol–water partition coefficient (Wildman–Crippen LogP) is 1.00. The molecule has 0 unspecified atom stereocenters. The van der Waals surface area contributed by atoms with Crippen molar-refractivity contribution in [3.05, 3.63) is 35.7 Å². The van der Waals surface area contributed by atoms with E-state index in [-0.39, 0.29) is 6.04 Å². The van der Waals surface area contributed by atoms with Gasteiger partial charge in [0.05, 0.1) is 19.2 Å². The maximum atomic E-state index is 5.42. The van der Waals surface area contributed by atoms with Gasteiger partial charge in [0.1, 0.15) is 31.9 Å². The van der Waals surface area contributed by atoms with Crippen LogP contribution in [0.2, 0.25) is 0 Å². The van der Waals surface area contributed by atoms with E-state index in [4.69, 9.17) is 4.74 Å². The lowest BCUT2D eigenvalue weighted by Crippen LogP contribution is -3.29. The van der Waals surface area contributed by atoms with E-state index in [1.807, 2.05) is 4.90 Å². The molecule has 3 aliphatic rings. The second-order valence-electron chi connectivity index (χ2n) is 9.78. The van der Waals surface area contributed by atoms with Gasteiger partial charge in [0.25, 0.3) is 0 Å². The number of benzene rings is 1. The number of quaternary nitrogens is 2. The van der Waals surface area contributed by atoms with Gasteiger partial charge in [-0.05, 0) is 73.2 Å². The number of nitrogens with one attached hydrogen (secondary N) is 2. The van der Waals surface area contributed by atoms with E-state index in [9.17, 15) is 0 Å². The lowest BCUT2D eigenvalue weighted by atomic mass is 9.95. The Morgan fingerprint density at radius 3 is 2.26 bits per heavy atom. The van der Waals surface area contributed by atoms with Crippen LogP contribution in [0, 0.1) is 0 Å². The largest absolute Gasteiger partial charge is 0.497 e. The van der Waals surface area contributed by atoms with E-state index in [1.54, 1.807) is 12.0 Å². The molecular formula is C24H38N6O+2. The summed E-state index contributed by atoms with van der Waals surface area (Å²) in [6.45, 7) is 4.88. The minimum absolute atomic E-state index is 0.188. The van der Waals surface area contributed by atoms with Crippen molar-refractivity contribution in [1.29, 1.82) is 0 Å². The summed E-state index contributed by atoms with van der Waals surface area (Å²) in [5, 5.41) is 13.3. The normalized spacial score (nSPS) is 26.7. The molecule has 1 aliphatic heterocycles. The molecule has 0 bridgehead atoms. The maximum absolute atomic E-state index is 5.42. The first-order valence-corrected chi connectivity index (χ1v) is 12.4. The molecule has 0 radical (unpaired) electrons. The van der Waals surface area contributed by atoms with Crippen LogP contribution in [0.1, 0.15) is 81.3 Å². The molecule has 3 fully saturated rings. The van der Waals surface area contributed by atoms with Gasteiger partial charge in [-0.15, -0.1) is 5.10 Å². The fourth-order valence-electron chi connectivity index (χ4n) is 6.26. The fourth-order valence-corrected chi connectivity index (χ4v) is 6.26. The molecule has 1 aromatic carbocycles. The van der Waals surface area contributed by atoms with Gasteiger partial charge in [-0.1, -0.05) is 19.3 Å². The van der Waals surface area contributed by atoms with E-state index in [2.05, 4.69) is 44.5 Å². The molecule has 1 atom stereocenters. The molecule has 2 aliphatic carbocycles. The Hall–Kier alpha value is -1.99. The van der Waals surface area contributed by atoms with Gasteiger partial charge in [-0.3, -0.25) is 0 Å². The Balaban J connectivity index is 1.41. The van der Waals surface area contributed by atoms with Crippen molar-refractivity contribution in [1.82, 2.24) is 20.2 Å². The van der Waals surface area contributed by atoms with Crippen LogP contribution >= 0.6 is 0 Å². The molecule has 1 aromatic heterocycles. The molecule has 5 rings (SSSR count). The van der Waals surface area contributed by atoms with Crippen molar-refractivity contribution in [3.63, 3.8) is 0 Å². The Morgan fingerprint density at radius 2 is 1.58 bits per heavy atom. The summed E-state index contributed by atoms with van der Waals surface area (Å²) in [7, 11) is 1.73. The monoisotopic (exact) mass is 426 g/mol. The molecule has 2 aromatic rings. The summed E-state index contributed by atoms with van der Waals surface area (Å²) in [5.74, 6) is 1.95. The van der Waals surface area contributed by atoms with Crippen molar-refractivity contribution in [3.8, 4) is 5.75 Å². The average molecular weight is 427 g/mol. The number of aromatic nitrogens is 4. The zero-order valence-corrected chi connectivity index (χ0v) is 18.9. The minimum atomic E-state index is 0.188. The van der Waals surface area contributed by atoms with Crippen LogP contribution in [0.3, 0.4) is 0 Å². The zero-order valence-electron chi connectivity index (χ0n) is 18.9. The Kier molecular flexibility index (Phi) is 6.50. The standard InChI is InChI=1S/C24H36N6O/c1-31-22-13-11-19(12-14-22)23(24-25-26-27-30(24)21-9-3-2-4-10-21)29-17-15-28(16-18-29)20-7-5-6-8-20/h11-14,20-21,23H,2-10,15-18H2,1H3/p+2/t23-/m0/s1. The number of hydrogen-bond acceptors (Lipinski definition) is 4. The number of rotatable bonds is 6. The molecule has 2 saturated carbocycles. The predicted molar refractivity (Wildman–Crippen MR) is 118 cm³/mol. The van der Waals surface area contributed by atoms with Gasteiger partial charge in [0.2, 0.25) is 5.82 Å². The first kappa shape index (κ1) is 20.9. The summed E-state index contributed by atoms with van der Waals surface area (Å²) < 4.78 is 7.60. The quantitative estimate of drug-likeness (QED) is 0.724. The first-order chi connectivity index (χ1) is 15.3. The van der Waals surface area contributed by atoms with Gasteiger partial charge in [-0.25, -0.2) is 4.68 Å². The van der Waals surface area contributed by atoms with Crippen molar-refractivity contribution < 1.29 is 14.5 Å². The van der Waals surface area contributed by atoms with Crippen LogP contribution in [0.4, 0.5) is 0 Å². The number of tetrazole rings is 1. The van der Waals surface area contributed by atoms with Gasteiger partial charge in [0, 0.05) is 5.56 Å². The summed E-state index contributed by atoms with van der Waals surface area (Å²) in [4.78, 5) is 3.44. The van der Waals surface area contributed by atoms with E-state index >= 15 is 0 Å². The molecule has 7 heteroatoms. The Labute approximate surface area is 185 Å². The van der Waals surface area contributed by atoms with E-state index in [0.29, 0.717) is 6.04 Å². The van der Waals surface area contributed by atoms with Crippen molar-refractivity contribution in [2.75, 3.05) is 33.3 Å². The molecular weight excluding hydrogens is 388 g/mol. The third-order valence-corrected chi connectivity index (χ3v) is 8.02. The number of ether oxygens (including phenoxy) is 1. The SMILES string of the molecule is COc1ccc([C@@H](c2nnnn2C2CCCCC2)[NH+]2CC[NH+](C3CCCC3)CC2)cc1. The lowest BCUT2D eigenvalue weighted by Gasteiger charge is -2.37. The highest BCUT2D eigenvalue weighted by atomic mass is 16.5. The van der Waals surface area contributed by atoms with Gasteiger partial charge >= 0.3 is 0 Å². The Bertz CT molecular complexity index is 817. The highest BCUT2D eigenvalue weighted by molar-refractivity contribution is 5.30. The van der Waals surface area contributed by atoms with Gasteiger partial charge < -0.3 is 14.5 Å². The third kappa shape index (κ3) is 4.48. The molecule has 168 valence electrons. The first-order valence-electron chi connectivity index (χ1n) is 12.4. The molecule has 1 saturated heterocycles. The van der Waals surface area contributed by atoms with Crippen LogP contribution in [-0.4, -0.2) is 59.5 Å². The molecule has 0 spiro atoms. The van der Waals surface area contributed by atoms with Gasteiger partial charge in [0.15, 0.2) is 6.04 Å². The number of methoxy groups -OCH3 is 1. The molecule has 31 heavy (non-hydrogen) atoms. The van der Waals surface area contributed by atoms with Crippen LogP contribution in [-0.2, 0) is 0 Å². The van der Waals surface area contributed by atoms with Crippen LogP contribution < -0.4 is 14.5 Å². The van der Waals surface area contributed by atoms with Crippen molar-refractivity contribution >= 4 is 0 Å². The van der Waals surface area contributed by atoms with Crippen molar-refractivity contribution in [2.45, 2.75) is 75.9 Å². The van der Waals surface area contributed by atoms with Crippen molar-refractivity contribution in [2.24, 2.45) is 0 Å². The maximum Gasteiger partial charge on any atom is 0.214 e. The Morgan fingerprint density at radius 1 is 0.903 bits per heavy atom. The number of piperazine rings is 1. The highest BCUT2D eigenvalue weighted by Gasteiger charge is 2.39. The smallest absolute Gasteiger partial charge is 0.214 e. The fraction of sp³-hybridized carbons (Fsp3) is 0.708. The molecule has 7 nitrogen and oxygen atoms in total. The third-order valence-electron chi connectivity index (χ3n) is 8.02. The summed E-state index contributed by atoms with van der Waals surface area (Å²) in [6, 6.07) is 10.1. The summed E-state index contributed by atoms with van der Waals surface area (Å²) >= 11 is 0. The summed E-state index contributed by atoms with van der Waals surface area (Å²) in [6.07, 6.45) is 12.0. The van der Waals surface area contributed by atoms with Crippen LogP contribution in [0.15, 0.2) is 24.3 Å². The van der Waals surface area contributed by atoms with E-state index in [1.165, 1.54) is 89.5 Å². The molecule has 0 amide bonds. The zero-order chi connectivity index (χ0) is 21.0. The average Bonchev–Trinajstić information content (AvgIpc) is 3.54. The second-order valence-corrected chi connectivity index (χ2v) is 9.78. The molecule has 2 N–H and O–H groups in total. The van der Waals surface area contributed by atoms with E-state index in [0.717, 1.165) is 17.6 Å². The second kappa shape index (κ2) is 9.65. The van der Waals surface area contributed by atoms with Crippen LogP contribution in [0.25, 0.3) is 0 Å². The number of hydrogen-bond donors (Lipinski definition) is 2. The van der Waals surface area contributed by atoms with Gasteiger partial charge in [-0.2, -0.15) is 0 Å². The lowest BCUT2D eigenvalue weighted by molar-refractivity contribution is -1.03. The van der Waals surface area contributed by atoms with Crippen LogP contribution in [0.5, 0.6) is 5.75 Å². The molecule has 2 heterocycles. The minimum Gasteiger partial charge on any atom is -0.497 e.